The molecule has 0 aliphatic carbocycles. The van der Waals surface area contributed by atoms with Crippen LogP contribution in [-0.2, 0) is 14.4 Å². The molecule has 1 aliphatic rings. The van der Waals surface area contributed by atoms with Gasteiger partial charge in [-0.15, -0.1) is 0 Å². The van der Waals surface area contributed by atoms with Crippen LogP contribution in [-0.4, -0.2) is 30.3 Å². The van der Waals surface area contributed by atoms with Crippen molar-refractivity contribution in [2.75, 3.05) is 6.54 Å². The first kappa shape index (κ1) is 8.51. The van der Waals surface area contributed by atoms with E-state index in [4.69, 9.17) is 5.73 Å². The molecule has 0 aromatic rings. The average molecular weight is 171 g/mol. The molecule has 1 saturated heterocycles. The average Bonchev–Trinajstić information content (AvgIpc) is 1.96. The van der Waals surface area contributed by atoms with Crippen LogP contribution in [0, 0.1) is 0 Å². The Bertz CT molecular complexity index is 236. The number of hydrogen-bond donors (Lipinski definition) is 3. The van der Waals surface area contributed by atoms with E-state index in [1.54, 1.807) is 0 Å². The van der Waals surface area contributed by atoms with Crippen LogP contribution in [0.25, 0.3) is 0 Å². The van der Waals surface area contributed by atoms with Crippen molar-refractivity contribution in [1.29, 1.82) is 0 Å². The maximum atomic E-state index is 10.9. The molecule has 1 fully saturated rings. The van der Waals surface area contributed by atoms with Crippen LogP contribution < -0.4 is 16.4 Å². The van der Waals surface area contributed by atoms with Crippen LogP contribution >= 0.6 is 0 Å². The summed E-state index contributed by atoms with van der Waals surface area (Å²) >= 11 is 0. The molecular formula is C6H9N3O3. The first-order chi connectivity index (χ1) is 5.59. The lowest BCUT2D eigenvalue weighted by atomic mass is 10.1. The molecule has 0 aromatic heterocycles. The number of hydrogen-bond acceptors (Lipinski definition) is 3. The summed E-state index contributed by atoms with van der Waals surface area (Å²) in [5.74, 6) is -1.29. The van der Waals surface area contributed by atoms with Gasteiger partial charge in [-0.25, -0.2) is 0 Å². The molecule has 1 heterocycles. The molecule has 0 spiro atoms. The Labute approximate surface area is 68.5 Å². The molecule has 12 heavy (non-hydrogen) atoms. The predicted octanol–water partition coefficient (Wildman–Crippen LogP) is -2.52. The van der Waals surface area contributed by atoms with E-state index in [-0.39, 0.29) is 24.8 Å². The number of nitrogens with one attached hydrogen (secondary N) is 2. The van der Waals surface area contributed by atoms with E-state index in [1.165, 1.54) is 0 Å². The van der Waals surface area contributed by atoms with E-state index in [0.717, 1.165) is 0 Å². The molecule has 6 nitrogen and oxygen atoms in total. The van der Waals surface area contributed by atoms with Crippen LogP contribution in [0.3, 0.4) is 0 Å². The van der Waals surface area contributed by atoms with Crippen molar-refractivity contribution < 1.29 is 14.4 Å². The largest absolute Gasteiger partial charge is 0.370 e. The third kappa shape index (κ3) is 1.94. The third-order valence-electron chi connectivity index (χ3n) is 1.48. The SMILES string of the molecule is NC(=O)C[C@@H]1NC(=O)CNC1=O. The van der Waals surface area contributed by atoms with Crippen molar-refractivity contribution in [3.8, 4) is 0 Å². The minimum absolute atomic E-state index is 0.0336. The molecule has 0 unspecified atom stereocenters. The van der Waals surface area contributed by atoms with E-state index in [9.17, 15) is 14.4 Å². The Morgan fingerprint density at radius 1 is 1.58 bits per heavy atom. The quantitative estimate of drug-likeness (QED) is 0.427. The summed E-state index contributed by atoms with van der Waals surface area (Å²) < 4.78 is 0. The second kappa shape index (κ2) is 3.21. The van der Waals surface area contributed by atoms with Crippen molar-refractivity contribution in [3.05, 3.63) is 0 Å². The minimum atomic E-state index is -0.802. The number of primary amides is 1. The lowest BCUT2D eigenvalue weighted by Crippen LogP contribution is -2.57. The Morgan fingerprint density at radius 3 is 2.83 bits per heavy atom. The van der Waals surface area contributed by atoms with E-state index in [0.29, 0.717) is 0 Å². The molecule has 0 aromatic carbocycles. The Hall–Kier alpha value is -1.59. The van der Waals surface area contributed by atoms with E-state index >= 15 is 0 Å². The lowest BCUT2D eigenvalue weighted by molar-refractivity contribution is -0.135. The van der Waals surface area contributed by atoms with Crippen LogP contribution in [0.15, 0.2) is 0 Å². The van der Waals surface area contributed by atoms with Gasteiger partial charge >= 0.3 is 0 Å². The van der Waals surface area contributed by atoms with E-state index in [1.807, 2.05) is 0 Å². The van der Waals surface area contributed by atoms with Crippen LogP contribution in [0.5, 0.6) is 0 Å². The monoisotopic (exact) mass is 171 g/mol. The zero-order valence-corrected chi connectivity index (χ0v) is 6.29. The second-order valence-corrected chi connectivity index (χ2v) is 2.51. The van der Waals surface area contributed by atoms with Gasteiger partial charge in [0.1, 0.15) is 6.04 Å². The molecule has 0 saturated carbocycles. The van der Waals surface area contributed by atoms with E-state index in [2.05, 4.69) is 10.6 Å². The number of piperazine rings is 1. The second-order valence-electron chi connectivity index (χ2n) is 2.51. The standard InChI is InChI=1S/C6H9N3O3/c7-4(10)1-3-6(12)8-2-5(11)9-3/h3H,1-2H2,(H2,7,10)(H,8,12)(H,9,11)/t3-/m0/s1. The van der Waals surface area contributed by atoms with Gasteiger partial charge in [0.25, 0.3) is 0 Å². The first-order valence-corrected chi connectivity index (χ1v) is 3.45. The predicted molar refractivity (Wildman–Crippen MR) is 38.8 cm³/mol. The van der Waals surface area contributed by atoms with Crippen molar-refractivity contribution in [1.82, 2.24) is 10.6 Å². The maximum Gasteiger partial charge on any atom is 0.243 e. The number of nitrogens with two attached hydrogens (primary N) is 1. The molecule has 6 heteroatoms. The molecule has 1 rings (SSSR count). The first-order valence-electron chi connectivity index (χ1n) is 3.45. The highest BCUT2D eigenvalue weighted by atomic mass is 16.2. The molecule has 1 aliphatic heterocycles. The van der Waals surface area contributed by atoms with Crippen LogP contribution in [0.4, 0.5) is 0 Å². The Morgan fingerprint density at radius 2 is 2.25 bits per heavy atom. The maximum absolute atomic E-state index is 10.9. The van der Waals surface area contributed by atoms with Gasteiger partial charge in [0.15, 0.2) is 0 Å². The van der Waals surface area contributed by atoms with Crippen LogP contribution in [0.1, 0.15) is 6.42 Å². The molecular weight excluding hydrogens is 162 g/mol. The van der Waals surface area contributed by atoms with Gasteiger partial charge in [-0.05, 0) is 0 Å². The highest BCUT2D eigenvalue weighted by Crippen LogP contribution is 1.95. The van der Waals surface area contributed by atoms with Gasteiger partial charge in [0.2, 0.25) is 17.7 Å². The van der Waals surface area contributed by atoms with Crippen LogP contribution in [0.2, 0.25) is 0 Å². The lowest BCUT2D eigenvalue weighted by Gasteiger charge is -2.21. The topological polar surface area (TPSA) is 101 Å². The minimum Gasteiger partial charge on any atom is -0.370 e. The van der Waals surface area contributed by atoms with Gasteiger partial charge in [0.05, 0.1) is 13.0 Å². The Balaban J connectivity index is 2.55. The summed E-state index contributed by atoms with van der Waals surface area (Å²) in [6.07, 6.45) is -0.155. The van der Waals surface area contributed by atoms with Crippen molar-refractivity contribution in [3.63, 3.8) is 0 Å². The molecule has 66 valence electrons. The van der Waals surface area contributed by atoms with Crippen molar-refractivity contribution >= 4 is 17.7 Å². The number of rotatable bonds is 2. The fraction of sp³-hybridized carbons (Fsp3) is 0.500. The zero-order chi connectivity index (χ0) is 9.14. The van der Waals surface area contributed by atoms with Gasteiger partial charge in [-0.1, -0.05) is 0 Å². The number of amides is 3. The number of carbonyl (C=O) groups excluding carboxylic acids is 3. The number of carbonyl (C=O) groups is 3. The molecule has 4 N–H and O–H groups in total. The third-order valence-corrected chi connectivity index (χ3v) is 1.48. The van der Waals surface area contributed by atoms with Crippen molar-refractivity contribution in [2.24, 2.45) is 5.73 Å². The highest BCUT2D eigenvalue weighted by Gasteiger charge is 2.26. The van der Waals surface area contributed by atoms with Gasteiger partial charge in [-0.3, -0.25) is 14.4 Å². The summed E-state index contributed by atoms with van der Waals surface area (Å²) in [7, 11) is 0. The summed E-state index contributed by atoms with van der Waals surface area (Å²) in [5.41, 5.74) is 4.86. The smallest absolute Gasteiger partial charge is 0.243 e. The summed E-state index contributed by atoms with van der Waals surface area (Å²) in [6, 6.07) is -0.802. The Kier molecular flexibility index (Phi) is 2.27. The van der Waals surface area contributed by atoms with Gasteiger partial charge in [-0.2, -0.15) is 0 Å². The molecule has 0 bridgehead atoms. The van der Waals surface area contributed by atoms with E-state index < -0.39 is 11.9 Å². The van der Waals surface area contributed by atoms with Gasteiger partial charge in [0, 0.05) is 0 Å². The highest BCUT2D eigenvalue weighted by molar-refractivity contribution is 5.97. The molecule has 3 amide bonds. The summed E-state index contributed by atoms with van der Waals surface area (Å²) in [4.78, 5) is 32.1. The molecule has 0 radical (unpaired) electrons. The fourth-order valence-electron chi connectivity index (χ4n) is 0.946. The summed E-state index contributed by atoms with van der Waals surface area (Å²) in [5, 5.41) is 4.67. The zero-order valence-electron chi connectivity index (χ0n) is 6.29. The fourth-order valence-corrected chi connectivity index (χ4v) is 0.946. The molecule has 1 atom stereocenters. The normalized spacial score (nSPS) is 22.8. The van der Waals surface area contributed by atoms with Gasteiger partial charge < -0.3 is 16.4 Å². The van der Waals surface area contributed by atoms with Crippen molar-refractivity contribution in [2.45, 2.75) is 12.5 Å². The summed E-state index contributed by atoms with van der Waals surface area (Å²) in [6.45, 7) is -0.0336.